The quantitative estimate of drug-likeness (QED) is 0.545. The molecule has 0 spiro atoms. The van der Waals surface area contributed by atoms with Gasteiger partial charge in [-0.15, -0.1) is 16.4 Å². The zero-order valence-corrected chi connectivity index (χ0v) is 16.9. The van der Waals surface area contributed by atoms with Gasteiger partial charge in [0.25, 0.3) is 0 Å². The SMILES string of the molecule is CN(C[C@H]1COc2ccccc2O1)C(=O)CSc1nnnn1Cc1cccs1. The highest BCUT2D eigenvalue weighted by atomic mass is 32.2. The summed E-state index contributed by atoms with van der Waals surface area (Å²) < 4.78 is 13.3. The fourth-order valence-corrected chi connectivity index (χ4v) is 4.25. The van der Waals surface area contributed by atoms with Crippen molar-refractivity contribution >= 4 is 29.0 Å². The molecule has 0 radical (unpaired) electrons. The van der Waals surface area contributed by atoms with Gasteiger partial charge in [0.2, 0.25) is 11.1 Å². The first-order chi connectivity index (χ1) is 13.7. The molecule has 3 aromatic rings. The van der Waals surface area contributed by atoms with Gasteiger partial charge >= 0.3 is 0 Å². The van der Waals surface area contributed by atoms with Gasteiger partial charge in [-0.1, -0.05) is 30.0 Å². The Kier molecular flexibility index (Phi) is 5.77. The number of carbonyl (C=O) groups is 1. The number of fused-ring (bicyclic) bond motifs is 1. The van der Waals surface area contributed by atoms with Crippen LogP contribution >= 0.6 is 23.1 Å². The maximum atomic E-state index is 12.5. The third kappa shape index (κ3) is 4.45. The summed E-state index contributed by atoms with van der Waals surface area (Å²) in [6.07, 6.45) is -0.196. The molecule has 0 unspecified atom stereocenters. The van der Waals surface area contributed by atoms with E-state index in [4.69, 9.17) is 9.47 Å². The van der Waals surface area contributed by atoms with E-state index in [1.54, 1.807) is 28.0 Å². The van der Waals surface area contributed by atoms with Gasteiger partial charge in [0.05, 0.1) is 18.8 Å². The van der Waals surface area contributed by atoms with E-state index in [0.717, 1.165) is 10.6 Å². The van der Waals surface area contributed by atoms with Crippen LogP contribution in [-0.2, 0) is 11.3 Å². The molecule has 10 heteroatoms. The summed E-state index contributed by atoms with van der Waals surface area (Å²) in [4.78, 5) is 15.3. The molecular weight excluding hydrogens is 398 g/mol. The van der Waals surface area contributed by atoms with Gasteiger partial charge in [-0.2, -0.15) is 0 Å². The summed E-state index contributed by atoms with van der Waals surface area (Å²) in [5, 5.41) is 14.4. The molecule has 1 amide bonds. The average molecular weight is 418 g/mol. The van der Waals surface area contributed by atoms with Gasteiger partial charge in [0.15, 0.2) is 17.6 Å². The number of benzene rings is 1. The van der Waals surface area contributed by atoms with E-state index < -0.39 is 0 Å². The number of nitrogens with zero attached hydrogens (tertiary/aromatic N) is 5. The largest absolute Gasteiger partial charge is 0.486 e. The van der Waals surface area contributed by atoms with Crippen molar-refractivity contribution in [3.63, 3.8) is 0 Å². The van der Waals surface area contributed by atoms with Crippen LogP contribution in [0.5, 0.6) is 11.5 Å². The lowest BCUT2D eigenvalue weighted by molar-refractivity contribution is -0.128. The van der Waals surface area contributed by atoms with E-state index in [1.165, 1.54) is 11.8 Å². The molecule has 0 N–H and O–H groups in total. The number of rotatable bonds is 7. The van der Waals surface area contributed by atoms with Gasteiger partial charge in [-0.25, -0.2) is 4.68 Å². The van der Waals surface area contributed by atoms with Gasteiger partial charge in [0, 0.05) is 11.9 Å². The number of amides is 1. The van der Waals surface area contributed by atoms with Crippen LogP contribution in [0.4, 0.5) is 0 Å². The Bertz CT molecular complexity index is 931. The number of thiophene rings is 1. The molecule has 0 fully saturated rings. The van der Waals surface area contributed by atoms with Crippen molar-refractivity contribution in [2.75, 3.05) is 26.0 Å². The van der Waals surface area contributed by atoms with Gasteiger partial charge in [-0.3, -0.25) is 4.79 Å². The summed E-state index contributed by atoms with van der Waals surface area (Å²) >= 11 is 2.98. The van der Waals surface area contributed by atoms with Crippen molar-refractivity contribution in [2.24, 2.45) is 0 Å². The predicted octanol–water partition coefficient (Wildman–Crippen LogP) is 2.17. The lowest BCUT2D eigenvalue weighted by atomic mass is 10.2. The molecule has 3 heterocycles. The number of aromatic nitrogens is 4. The van der Waals surface area contributed by atoms with Crippen LogP contribution in [0, 0.1) is 0 Å². The van der Waals surface area contributed by atoms with E-state index in [2.05, 4.69) is 15.5 Å². The average Bonchev–Trinajstić information content (AvgIpc) is 3.38. The van der Waals surface area contributed by atoms with Crippen LogP contribution in [0.1, 0.15) is 4.88 Å². The molecule has 2 aromatic heterocycles. The summed E-state index contributed by atoms with van der Waals surface area (Å²) in [6, 6.07) is 11.6. The summed E-state index contributed by atoms with van der Waals surface area (Å²) in [6.45, 7) is 1.47. The summed E-state index contributed by atoms with van der Waals surface area (Å²) in [5.74, 6) is 1.69. The zero-order chi connectivity index (χ0) is 19.3. The topological polar surface area (TPSA) is 82.4 Å². The summed E-state index contributed by atoms with van der Waals surface area (Å²) in [5.41, 5.74) is 0. The highest BCUT2D eigenvalue weighted by molar-refractivity contribution is 7.99. The Hall–Kier alpha value is -2.59. The number of thioether (sulfide) groups is 1. The number of para-hydroxylation sites is 2. The fraction of sp³-hybridized carbons (Fsp3) is 0.333. The maximum absolute atomic E-state index is 12.5. The van der Waals surface area contributed by atoms with E-state index >= 15 is 0 Å². The molecule has 0 bridgehead atoms. The maximum Gasteiger partial charge on any atom is 0.232 e. The molecule has 146 valence electrons. The van der Waals surface area contributed by atoms with Gasteiger partial charge in [0.1, 0.15) is 6.61 Å². The molecule has 4 rings (SSSR count). The molecule has 28 heavy (non-hydrogen) atoms. The van der Waals surface area contributed by atoms with E-state index in [-0.39, 0.29) is 17.8 Å². The van der Waals surface area contributed by atoms with Crippen molar-refractivity contribution in [1.29, 1.82) is 0 Å². The van der Waals surface area contributed by atoms with Crippen molar-refractivity contribution < 1.29 is 14.3 Å². The number of ether oxygens (including phenoxy) is 2. The lowest BCUT2D eigenvalue weighted by Crippen LogP contribution is -2.42. The predicted molar refractivity (Wildman–Crippen MR) is 106 cm³/mol. The molecule has 0 saturated heterocycles. The van der Waals surface area contributed by atoms with Crippen LogP contribution in [0.25, 0.3) is 0 Å². The van der Waals surface area contributed by atoms with Crippen molar-refractivity contribution in [1.82, 2.24) is 25.1 Å². The van der Waals surface area contributed by atoms with E-state index in [9.17, 15) is 4.79 Å². The minimum Gasteiger partial charge on any atom is -0.486 e. The van der Waals surface area contributed by atoms with Crippen molar-refractivity contribution in [3.8, 4) is 11.5 Å². The van der Waals surface area contributed by atoms with E-state index in [0.29, 0.717) is 30.6 Å². The standard InChI is InChI=1S/C18H19N5O3S2/c1-22(9-13-11-25-15-6-2-3-7-16(15)26-13)17(24)12-28-18-19-20-21-23(18)10-14-5-4-8-27-14/h2-8,13H,9-12H2,1H3/t13-/m0/s1. The summed E-state index contributed by atoms with van der Waals surface area (Å²) in [7, 11) is 1.77. The van der Waals surface area contributed by atoms with Gasteiger partial charge in [-0.05, 0) is 34.0 Å². The Morgan fingerprint density at radius 1 is 1.32 bits per heavy atom. The Morgan fingerprint density at radius 3 is 3.00 bits per heavy atom. The van der Waals surface area contributed by atoms with E-state index in [1.807, 2.05) is 41.8 Å². The first kappa shape index (κ1) is 18.8. The molecule has 0 saturated carbocycles. The Morgan fingerprint density at radius 2 is 2.18 bits per heavy atom. The number of tetrazole rings is 1. The molecule has 1 aliphatic heterocycles. The van der Waals surface area contributed by atoms with Crippen LogP contribution in [-0.4, -0.2) is 63.1 Å². The molecule has 8 nitrogen and oxygen atoms in total. The van der Waals surface area contributed by atoms with Crippen LogP contribution in [0.2, 0.25) is 0 Å². The second-order valence-electron chi connectivity index (χ2n) is 6.26. The number of likely N-dealkylation sites (N-methyl/N-ethyl adjacent to an activating group) is 1. The smallest absolute Gasteiger partial charge is 0.232 e. The molecular formula is C18H19N5O3S2. The molecule has 1 atom stereocenters. The highest BCUT2D eigenvalue weighted by Crippen LogP contribution is 2.31. The lowest BCUT2D eigenvalue weighted by Gasteiger charge is -2.29. The fourth-order valence-electron chi connectivity index (χ4n) is 2.75. The second kappa shape index (κ2) is 8.61. The third-order valence-electron chi connectivity index (χ3n) is 4.18. The minimum atomic E-state index is -0.196. The van der Waals surface area contributed by atoms with Crippen molar-refractivity contribution in [3.05, 3.63) is 46.7 Å². The Labute approximate surface area is 170 Å². The minimum absolute atomic E-state index is 0.0156. The molecule has 0 aliphatic carbocycles. The number of carbonyl (C=O) groups excluding carboxylic acids is 1. The van der Waals surface area contributed by atoms with Crippen LogP contribution < -0.4 is 9.47 Å². The number of hydrogen-bond donors (Lipinski definition) is 0. The van der Waals surface area contributed by atoms with Gasteiger partial charge < -0.3 is 14.4 Å². The first-order valence-electron chi connectivity index (χ1n) is 8.73. The highest BCUT2D eigenvalue weighted by Gasteiger charge is 2.24. The Balaban J connectivity index is 1.28. The van der Waals surface area contributed by atoms with Crippen molar-refractivity contribution in [2.45, 2.75) is 17.8 Å². The monoisotopic (exact) mass is 417 g/mol. The van der Waals surface area contributed by atoms with Crippen LogP contribution in [0.15, 0.2) is 46.9 Å². The normalized spacial score (nSPS) is 15.4. The molecule has 1 aliphatic rings. The third-order valence-corrected chi connectivity index (χ3v) is 5.98. The second-order valence-corrected chi connectivity index (χ2v) is 8.23. The van der Waals surface area contributed by atoms with Crippen LogP contribution in [0.3, 0.4) is 0 Å². The zero-order valence-electron chi connectivity index (χ0n) is 15.2. The first-order valence-corrected chi connectivity index (χ1v) is 10.6. The molecule has 1 aromatic carbocycles. The number of hydrogen-bond acceptors (Lipinski definition) is 8.